The first-order chi connectivity index (χ1) is 13.2. The van der Waals surface area contributed by atoms with E-state index in [1.807, 2.05) is 24.3 Å². The number of unbranched alkanes of at least 4 members (excludes halogenated alkanes) is 1. The number of benzene rings is 3. The molecule has 0 aromatic heterocycles. The van der Waals surface area contributed by atoms with Crippen LogP contribution in [0.25, 0.3) is 0 Å². The van der Waals surface area contributed by atoms with Gasteiger partial charge in [0.05, 0.1) is 0 Å². The van der Waals surface area contributed by atoms with Crippen molar-refractivity contribution in [3.63, 3.8) is 0 Å². The molecule has 0 atom stereocenters. The van der Waals surface area contributed by atoms with E-state index in [1.165, 1.54) is 10.6 Å². The first-order valence-electron chi connectivity index (χ1n) is 9.60. The predicted molar refractivity (Wildman–Crippen MR) is 116 cm³/mol. The summed E-state index contributed by atoms with van der Waals surface area (Å²) in [7, 11) is -0.474. The molecule has 0 aliphatic heterocycles. The highest BCUT2D eigenvalue weighted by Gasteiger charge is 2.15. The second-order valence-corrected chi connectivity index (χ2v) is 9.12. The number of hydrogen-bond acceptors (Lipinski definition) is 2. The molecule has 0 unspecified atom stereocenters. The summed E-state index contributed by atoms with van der Waals surface area (Å²) in [5.41, 5.74) is 1.67. The number of aryl methyl sites for hydroxylation is 1. The third kappa shape index (κ3) is 5.11. The largest absolute Gasteiger partial charge is 0.508 e. The molecule has 0 heterocycles. The highest BCUT2D eigenvalue weighted by atomic mass is 31.1. The van der Waals surface area contributed by atoms with Crippen LogP contribution in [0.15, 0.2) is 72.8 Å². The third-order valence-electron chi connectivity index (χ3n) is 4.80. The number of rotatable bonds is 8. The maximum atomic E-state index is 10.3. The molecule has 140 valence electrons. The second-order valence-electron chi connectivity index (χ2n) is 6.79. The van der Waals surface area contributed by atoms with E-state index in [0.29, 0.717) is 5.56 Å². The molecule has 0 fully saturated rings. The molecule has 2 N–H and O–H groups in total. The molecule has 0 saturated heterocycles. The zero-order chi connectivity index (χ0) is 19.1. The van der Waals surface area contributed by atoms with Gasteiger partial charge >= 0.3 is 0 Å². The number of hydrogen-bond donors (Lipinski definition) is 2. The Bertz CT molecular complexity index is 784. The summed E-state index contributed by atoms with van der Waals surface area (Å²) in [6, 6.07) is 24.9. The molecule has 0 amide bonds. The SMILES string of the molecule is CCCCc1c(O)cc(CCP(c2ccccc2)c2ccccc2)cc1O. The molecule has 3 heteroatoms. The maximum Gasteiger partial charge on any atom is 0.122 e. The lowest BCUT2D eigenvalue weighted by atomic mass is 10.0. The maximum absolute atomic E-state index is 10.3. The Kier molecular flexibility index (Phi) is 6.90. The van der Waals surface area contributed by atoms with Crippen LogP contribution in [-0.4, -0.2) is 16.4 Å². The van der Waals surface area contributed by atoms with Crippen molar-refractivity contribution >= 4 is 18.5 Å². The quantitative estimate of drug-likeness (QED) is 0.535. The van der Waals surface area contributed by atoms with Crippen LogP contribution in [0, 0.1) is 0 Å². The van der Waals surface area contributed by atoms with Gasteiger partial charge in [-0.2, -0.15) is 0 Å². The van der Waals surface area contributed by atoms with Crippen LogP contribution in [0.3, 0.4) is 0 Å². The van der Waals surface area contributed by atoms with Crippen LogP contribution in [0.4, 0.5) is 0 Å². The highest BCUT2D eigenvalue weighted by Crippen LogP contribution is 2.36. The predicted octanol–water partition coefficient (Wildman–Crippen LogP) is 5.12. The van der Waals surface area contributed by atoms with Crippen molar-refractivity contribution < 1.29 is 10.2 Å². The average molecular weight is 378 g/mol. The van der Waals surface area contributed by atoms with Crippen LogP contribution in [0.2, 0.25) is 0 Å². The van der Waals surface area contributed by atoms with Crippen molar-refractivity contribution in [3.8, 4) is 11.5 Å². The summed E-state index contributed by atoms with van der Waals surface area (Å²) < 4.78 is 0. The zero-order valence-corrected chi connectivity index (χ0v) is 16.7. The van der Waals surface area contributed by atoms with Crippen LogP contribution in [0.1, 0.15) is 30.9 Å². The summed E-state index contributed by atoms with van der Waals surface area (Å²) in [5, 5.41) is 23.4. The van der Waals surface area contributed by atoms with Gasteiger partial charge in [0, 0.05) is 5.56 Å². The number of aromatic hydroxyl groups is 2. The number of phenols is 2. The molecule has 2 nitrogen and oxygen atoms in total. The Balaban J connectivity index is 1.80. The standard InChI is InChI=1S/C24H27O2P/c1-2-3-14-22-23(25)17-19(18-24(22)26)15-16-27(20-10-6-4-7-11-20)21-12-8-5-9-13-21/h4-13,17-18,25-26H,2-3,14-16H2,1H3. The van der Waals surface area contributed by atoms with Gasteiger partial charge in [-0.3, -0.25) is 0 Å². The normalized spacial score (nSPS) is 11.0. The molecule has 0 bridgehead atoms. The van der Waals surface area contributed by atoms with Gasteiger partial charge in [-0.1, -0.05) is 74.0 Å². The molecule has 0 saturated carbocycles. The molecule has 0 spiro atoms. The fourth-order valence-electron chi connectivity index (χ4n) is 3.32. The van der Waals surface area contributed by atoms with E-state index >= 15 is 0 Å². The van der Waals surface area contributed by atoms with Crippen molar-refractivity contribution in [3.05, 3.63) is 83.9 Å². The first kappa shape index (κ1) is 19.5. The lowest BCUT2D eigenvalue weighted by Crippen LogP contribution is -2.14. The average Bonchev–Trinajstić information content (AvgIpc) is 2.69. The minimum absolute atomic E-state index is 0.224. The highest BCUT2D eigenvalue weighted by molar-refractivity contribution is 7.73. The van der Waals surface area contributed by atoms with Gasteiger partial charge in [0.25, 0.3) is 0 Å². The molecule has 0 radical (unpaired) electrons. The summed E-state index contributed by atoms with van der Waals surface area (Å²) in [4.78, 5) is 0. The summed E-state index contributed by atoms with van der Waals surface area (Å²) >= 11 is 0. The molecule has 0 aliphatic rings. The lowest BCUT2D eigenvalue weighted by molar-refractivity contribution is 0.435. The van der Waals surface area contributed by atoms with Gasteiger partial charge in [-0.15, -0.1) is 0 Å². The Labute approximate surface area is 163 Å². The Morgan fingerprint density at radius 1 is 0.741 bits per heavy atom. The van der Waals surface area contributed by atoms with Crippen molar-refractivity contribution in [2.45, 2.75) is 32.6 Å². The zero-order valence-electron chi connectivity index (χ0n) is 15.8. The molecular formula is C24H27O2P. The van der Waals surface area contributed by atoms with E-state index in [4.69, 9.17) is 0 Å². The van der Waals surface area contributed by atoms with Crippen molar-refractivity contribution in [1.82, 2.24) is 0 Å². The summed E-state index contributed by atoms with van der Waals surface area (Å²) in [6.45, 7) is 2.11. The van der Waals surface area contributed by atoms with Crippen molar-refractivity contribution in [2.75, 3.05) is 6.16 Å². The van der Waals surface area contributed by atoms with Crippen LogP contribution < -0.4 is 10.6 Å². The van der Waals surface area contributed by atoms with Crippen LogP contribution >= 0.6 is 7.92 Å². The Morgan fingerprint density at radius 3 is 1.74 bits per heavy atom. The van der Waals surface area contributed by atoms with E-state index in [2.05, 4.69) is 55.5 Å². The molecule has 3 aromatic carbocycles. The van der Waals surface area contributed by atoms with E-state index in [1.54, 1.807) is 0 Å². The van der Waals surface area contributed by atoms with E-state index < -0.39 is 7.92 Å². The minimum atomic E-state index is -0.474. The molecule has 3 rings (SSSR count). The van der Waals surface area contributed by atoms with E-state index in [0.717, 1.165) is 37.4 Å². The summed E-state index contributed by atoms with van der Waals surface area (Å²) in [6.07, 6.45) is 4.53. The van der Waals surface area contributed by atoms with Gasteiger partial charge in [-0.25, -0.2) is 0 Å². The van der Waals surface area contributed by atoms with Crippen molar-refractivity contribution in [1.29, 1.82) is 0 Å². The lowest BCUT2D eigenvalue weighted by Gasteiger charge is -2.19. The second kappa shape index (κ2) is 9.58. The first-order valence-corrected chi connectivity index (χ1v) is 11.1. The number of phenolic OH excluding ortho intramolecular Hbond substituents is 2. The van der Waals surface area contributed by atoms with Gasteiger partial charge in [-0.05, 0) is 61.7 Å². The summed E-state index contributed by atoms with van der Waals surface area (Å²) in [5.74, 6) is 0.449. The van der Waals surface area contributed by atoms with Gasteiger partial charge in [0.1, 0.15) is 11.5 Å². The third-order valence-corrected chi connectivity index (χ3v) is 7.32. The monoisotopic (exact) mass is 378 g/mol. The minimum Gasteiger partial charge on any atom is -0.508 e. The smallest absolute Gasteiger partial charge is 0.122 e. The molecular weight excluding hydrogens is 351 g/mol. The fraction of sp³-hybridized carbons (Fsp3) is 0.250. The molecule has 3 aromatic rings. The van der Waals surface area contributed by atoms with Gasteiger partial charge < -0.3 is 10.2 Å². The molecule has 0 aliphatic carbocycles. The van der Waals surface area contributed by atoms with Crippen LogP contribution in [-0.2, 0) is 12.8 Å². The molecule has 27 heavy (non-hydrogen) atoms. The Morgan fingerprint density at radius 2 is 1.26 bits per heavy atom. The van der Waals surface area contributed by atoms with Gasteiger partial charge in [0.2, 0.25) is 0 Å². The van der Waals surface area contributed by atoms with E-state index in [9.17, 15) is 10.2 Å². The van der Waals surface area contributed by atoms with E-state index in [-0.39, 0.29) is 11.5 Å². The van der Waals surface area contributed by atoms with Crippen LogP contribution in [0.5, 0.6) is 11.5 Å². The Hall–Kier alpha value is -2.31. The van der Waals surface area contributed by atoms with Crippen molar-refractivity contribution in [2.24, 2.45) is 0 Å². The topological polar surface area (TPSA) is 40.5 Å². The van der Waals surface area contributed by atoms with Gasteiger partial charge in [0.15, 0.2) is 0 Å². The fourth-order valence-corrected chi connectivity index (χ4v) is 5.68.